The van der Waals surface area contributed by atoms with Crippen LogP contribution in [0.3, 0.4) is 0 Å². The number of anilines is 1. The fourth-order valence-corrected chi connectivity index (χ4v) is 3.47. The Bertz CT molecular complexity index is 1430. The molecule has 3 aromatic carbocycles. The predicted molar refractivity (Wildman–Crippen MR) is 125 cm³/mol. The molecule has 0 bridgehead atoms. The van der Waals surface area contributed by atoms with E-state index in [4.69, 9.17) is 9.47 Å². The highest BCUT2D eigenvalue weighted by Crippen LogP contribution is 2.33. The zero-order valence-electron chi connectivity index (χ0n) is 19.0. The first-order valence-corrected chi connectivity index (χ1v) is 10.6. The molecule has 11 heteroatoms. The average Bonchev–Trinajstić information content (AvgIpc) is 2.87. The molecule has 37 heavy (non-hydrogen) atoms. The molecule has 1 N–H and O–H groups in total. The van der Waals surface area contributed by atoms with Gasteiger partial charge in [0, 0.05) is 0 Å². The molecule has 188 valence electrons. The van der Waals surface area contributed by atoms with Gasteiger partial charge in [-0.3, -0.25) is 14.9 Å². The van der Waals surface area contributed by atoms with Crippen molar-refractivity contribution in [1.29, 1.82) is 0 Å². The van der Waals surface area contributed by atoms with Crippen LogP contribution in [-0.4, -0.2) is 30.9 Å². The van der Waals surface area contributed by atoms with Crippen molar-refractivity contribution >= 4 is 35.6 Å². The van der Waals surface area contributed by atoms with Crippen LogP contribution in [0.2, 0.25) is 0 Å². The molecule has 1 aliphatic heterocycles. The number of esters is 1. The standard InChI is InChI=1S/C26H17F3N2O6/c1-36-21-13-15(10-11-20(21)37-24(34)16-6-3-2-4-7-16)12-19-22(32)30-25(35)31(23(19)33)18-9-5-8-17(14-18)26(27,28)29/h2-14H,1H3,(H,30,32,35)/b19-12+. The number of nitrogens with zero attached hydrogens (tertiary/aromatic N) is 1. The molecule has 8 nitrogen and oxygen atoms in total. The first kappa shape index (κ1) is 25.2. The van der Waals surface area contributed by atoms with Crippen LogP contribution in [0.1, 0.15) is 21.5 Å². The molecule has 0 unspecified atom stereocenters. The SMILES string of the molecule is COc1cc(/C=C2\C(=O)NC(=O)N(c3cccc(C(F)(F)F)c3)C2=O)ccc1OC(=O)c1ccccc1. The Hall–Kier alpha value is -4.93. The Morgan fingerprint density at radius 2 is 1.65 bits per heavy atom. The lowest BCUT2D eigenvalue weighted by atomic mass is 10.1. The van der Waals surface area contributed by atoms with Gasteiger partial charge in [-0.2, -0.15) is 13.2 Å². The number of nitrogens with one attached hydrogen (secondary N) is 1. The Labute approximate surface area is 207 Å². The van der Waals surface area contributed by atoms with Crippen LogP contribution < -0.4 is 19.7 Å². The normalized spacial score (nSPS) is 15.0. The van der Waals surface area contributed by atoms with Crippen molar-refractivity contribution in [3.8, 4) is 11.5 Å². The minimum atomic E-state index is -4.71. The van der Waals surface area contributed by atoms with Crippen molar-refractivity contribution in [3.05, 3.63) is 95.1 Å². The first-order valence-electron chi connectivity index (χ1n) is 10.6. The zero-order valence-corrected chi connectivity index (χ0v) is 19.0. The summed E-state index contributed by atoms with van der Waals surface area (Å²) >= 11 is 0. The van der Waals surface area contributed by atoms with E-state index in [-0.39, 0.29) is 22.7 Å². The van der Waals surface area contributed by atoms with Crippen molar-refractivity contribution in [2.24, 2.45) is 0 Å². The molecule has 1 fully saturated rings. The highest BCUT2D eigenvalue weighted by Gasteiger charge is 2.38. The summed E-state index contributed by atoms with van der Waals surface area (Å²) in [6, 6.07) is 14.8. The number of hydrogen-bond acceptors (Lipinski definition) is 6. The van der Waals surface area contributed by atoms with E-state index in [2.05, 4.69) is 0 Å². The van der Waals surface area contributed by atoms with E-state index < -0.39 is 41.1 Å². The summed E-state index contributed by atoms with van der Waals surface area (Å²) in [6.45, 7) is 0. The number of rotatable bonds is 5. The lowest BCUT2D eigenvalue weighted by molar-refractivity contribution is -0.137. The summed E-state index contributed by atoms with van der Waals surface area (Å²) in [7, 11) is 1.32. The van der Waals surface area contributed by atoms with Crippen molar-refractivity contribution in [3.63, 3.8) is 0 Å². The van der Waals surface area contributed by atoms with Crippen molar-refractivity contribution in [2.75, 3.05) is 12.0 Å². The Morgan fingerprint density at radius 1 is 0.919 bits per heavy atom. The van der Waals surface area contributed by atoms with Gasteiger partial charge < -0.3 is 9.47 Å². The Morgan fingerprint density at radius 3 is 2.32 bits per heavy atom. The maximum atomic E-state index is 13.1. The number of barbiturate groups is 1. The number of halogens is 3. The number of alkyl halides is 3. The van der Waals surface area contributed by atoms with Crippen molar-refractivity contribution in [1.82, 2.24) is 5.32 Å². The Balaban J connectivity index is 1.64. The largest absolute Gasteiger partial charge is 0.493 e. The van der Waals surface area contributed by atoms with Gasteiger partial charge in [-0.25, -0.2) is 14.5 Å². The summed E-state index contributed by atoms with van der Waals surface area (Å²) in [6.07, 6.45) is -3.57. The van der Waals surface area contributed by atoms with Crippen LogP contribution in [0.25, 0.3) is 6.08 Å². The van der Waals surface area contributed by atoms with Crippen LogP contribution in [0.5, 0.6) is 11.5 Å². The van der Waals surface area contributed by atoms with Gasteiger partial charge in [-0.05, 0) is 54.1 Å². The topological polar surface area (TPSA) is 102 Å². The van der Waals surface area contributed by atoms with Crippen LogP contribution in [0.15, 0.2) is 78.4 Å². The van der Waals surface area contributed by atoms with Crippen molar-refractivity contribution < 1.29 is 41.8 Å². The minimum Gasteiger partial charge on any atom is -0.493 e. The lowest BCUT2D eigenvalue weighted by Gasteiger charge is -2.27. The number of carbonyl (C=O) groups excluding carboxylic acids is 4. The van der Waals surface area contributed by atoms with Gasteiger partial charge in [0.1, 0.15) is 5.57 Å². The molecule has 0 atom stereocenters. The number of ether oxygens (including phenoxy) is 2. The summed E-state index contributed by atoms with van der Waals surface area (Å²) < 4.78 is 50.0. The molecule has 1 saturated heterocycles. The fraction of sp³-hybridized carbons (Fsp3) is 0.0769. The molecule has 0 aliphatic carbocycles. The number of carbonyl (C=O) groups is 4. The van der Waals surface area contributed by atoms with Gasteiger partial charge >= 0.3 is 18.2 Å². The van der Waals surface area contributed by atoms with Crippen LogP contribution >= 0.6 is 0 Å². The molecule has 4 rings (SSSR count). The minimum absolute atomic E-state index is 0.0682. The van der Waals surface area contributed by atoms with Gasteiger partial charge in [-0.15, -0.1) is 0 Å². The Kier molecular flexibility index (Phi) is 6.79. The molecule has 1 aliphatic rings. The molecule has 0 aromatic heterocycles. The monoisotopic (exact) mass is 510 g/mol. The second-order valence-electron chi connectivity index (χ2n) is 7.67. The molecule has 0 radical (unpaired) electrons. The molecular formula is C26H17F3N2O6. The third-order valence-corrected chi connectivity index (χ3v) is 5.24. The van der Waals surface area contributed by atoms with Gasteiger partial charge in [0.2, 0.25) is 0 Å². The fourth-order valence-electron chi connectivity index (χ4n) is 3.47. The first-order chi connectivity index (χ1) is 17.6. The van der Waals surface area contributed by atoms with Gasteiger partial charge in [0.15, 0.2) is 11.5 Å². The number of imide groups is 2. The second kappa shape index (κ2) is 9.97. The molecule has 3 aromatic rings. The maximum absolute atomic E-state index is 13.1. The summed E-state index contributed by atoms with van der Waals surface area (Å²) in [5, 5.41) is 1.95. The maximum Gasteiger partial charge on any atom is 0.416 e. The van der Waals surface area contributed by atoms with E-state index in [0.29, 0.717) is 16.5 Å². The highest BCUT2D eigenvalue weighted by molar-refractivity contribution is 6.39. The second-order valence-corrected chi connectivity index (χ2v) is 7.67. The third kappa shape index (κ3) is 5.35. The van der Waals surface area contributed by atoms with E-state index in [9.17, 15) is 32.3 Å². The summed E-state index contributed by atoms with van der Waals surface area (Å²) in [5.41, 5.74) is -1.38. The summed E-state index contributed by atoms with van der Waals surface area (Å²) in [5.74, 6) is -2.61. The third-order valence-electron chi connectivity index (χ3n) is 5.24. The summed E-state index contributed by atoms with van der Waals surface area (Å²) in [4.78, 5) is 50.6. The number of hydrogen-bond donors (Lipinski definition) is 1. The number of methoxy groups -OCH3 is 1. The molecule has 4 amide bonds. The zero-order chi connectivity index (χ0) is 26.7. The van der Waals surface area contributed by atoms with Gasteiger partial charge in [-0.1, -0.05) is 30.3 Å². The number of benzene rings is 3. The highest BCUT2D eigenvalue weighted by atomic mass is 19.4. The van der Waals surface area contributed by atoms with Crippen LogP contribution in [-0.2, 0) is 15.8 Å². The van der Waals surface area contributed by atoms with E-state index in [1.165, 1.54) is 25.3 Å². The van der Waals surface area contributed by atoms with Crippen LogP contribution in [0, 0.1) is 0 Å². The van der Waals surface area contributed by atoms with Gasteiger partial charge in [0.25, 0.3) is 11.8 Å². The van der Waals surface area contributed by atoms with E-state index in [1.807, 2.05) is 5.32 Å². The molecule has 0 spiro atoms. The van der Waals surface area contributed by atoms with Crippen molar-refractivity contribution in [2.45, 2.75) is 6.18 Å². The lowest BCUT2D eigenvalue weighted by Crippen LogP contribution is -2.54. The molecule has 1 heterocycles. The van der Waals surface area contributed by atoms with E-state index in [0.717, 1.165) is 24.3 Å². The number of amides is 4. The molecular weight excluding hydrogens is 493 g/mol. The number of urea groups is 1. The smallest absolute Gasteiger partial charge is 0.416 e. The van der Waals surface area contributed by atoms with Gasteiger partial charge in [0.05, 0.1) is 23.9 Å². The van der Waals surface area contributed by atoms with E-state index in [1.54, 1.807) is 30.3 Å². The molecule has 0 saturated carbocycles. The van der Waals surface area contributed by atoms with Crippen LogP contribution in [0.4, 0.5) is 23.7 Å². The quantitative estimate of drug-likeness (QED) is 0.233. The average molecular weight is 510 g/mol. The predicted octanol–water partition coefficient (Wildman–Crippen LogP) is 4.60. The van der Waals surface area contributed by atoms with E-state index >= 15 is 0 Å².